The van der Waals surface area contributed by atoms with E-state index in [4.69, 9.17) is 0 Å². The molecule has 0 unspecified atom stereocenters. The molecule has 26 heavy (non-hydrogen) atoms. The standard InChI is InChI=1S/C19H20N4OS2/c1-23(2)17-5-3-15(4-6-17)21-18(24)11-16-13-26-19(22-16)25-12-14-7-9-20-10-8-14/h3-10,13H,11-12H2,1-2H3,(H,21,24). The summed E-state index contributed by atoms with van der Waals surface area (Å²) in [5, 5.41) is 4.87. The van der Waals surface area contributed by atoms with Crippen LogP contribution in [0.4, 0.5) is 11.4 Å². The van der Waals surface area contributed by atoms with Crippen LogP contribution in [0.1, 0.15) is 11.3 Å². The first-order valence-corrected chi connectivity index (χ1v) is 10.00. The van der Waals surface area contributed by atoms with E-state index in [0.717, 1.165) is 27.2 Å². The van der Waals surface area contributed by atoms with Crippen LogP contribution in [0.15, 0.2) is 58.5 Å². The predicted octanol–water partition coefficient (Wildman–Crippen LogP) is 4.08. The van der Waals surface area contributed by atoms with Crippen molar-refractivity contribution < 1.29 is 4.79 Å². The second-order valence-electron chi connectivity index (χ2n) is 5.92. The lowest BCUT2D eigenvalue weighted by atomic mass is 10.2. The summed E-state index contributed by atoms with van der Waals surface area (Å²) in [7, 11) is 3.97. The van der Waals surface area contributed by atoms with Gasteiger partial charge < -0.3 is 10.2 Å². The summed E-state index contributed by atoms with van der Waals surface area (Å²) in [6.07, 6.45) is 3.86. The molecule has 0 aliphatic carbocycles. The predicted molar refractivity (Wildman–Crippen MR) is 109 cm³/mol. The van der Waals surface area contributed by atoms with E-state index in [1.165, 1.54) is 5.56 Å². The van der Waals surface area contributed by atoms with Crippen LogP contribution in [-0.4, -0.2) is 30.0 Å². The Kier molecular flexibility index (Phi) is 6.25. The summed E-state index contributed by atoms with van der Waals surface area (Å²) >= 11 is 3.25. The summed E-state index contributed by atoms with van der Waals surface area (Å²) in [5.74, 6) is 0.790. The first-order chi connectivity index (χ1) is 12.6. The Morgan fingerprint density at radius 3 is 2.58 bits per heavy atom. The molecular formula is C19H20N4OS2. The van der Waals surface area contributed by atoms with Crippen molar-refractivity contribution in [1.82, 2.24) is 9.97 Å². The summed E-state index contributed by atoms with van der Waals surface area (Å²) in [6, 6.07) is 11.8. The SMILES string of the molecule is CN(C)c1ccc(NC(=O)Cc2csc(SCc3ccncc3)n2)cc1. The lowest BCUT2D eigenvalue weighted by Crippen LogP contribution is -2.15. The van der Waals surface area contributed by atoms with Crippen LogP contribution in [-0.2, 0) is 17.0 Å². The van der Waals surface area contributed by atoms with Gasteiger partial charge in [0.1, 0.15) is 4.34 Å². The fraction of sp³-hybridized carbons (Fsp3) is 0.211. The number of anilines is 2. The average Bonchev–Trinajstić information content (AvgIpc) is 3.08. The van der Waals surface area contributed by atoms with Crippen molar-refractivity contribution in [3.8, 4) is 0 Å². The molecule has 0 fully saturated rings. The zero-order chi connectivity index (χ0) is 18.4. The number of carbonyl (C=O) groups excluding carboxylic acids is 1. The topological polar surface area (TPSA) is 58.1 Å². The maximum Gasteiger partial charge on any atom is 0.230 e. The lowest BCUT2D eigenvalue weighted by Gasteiger charge is -2.12. The van der Waals surface area contributed by atoms with Crippen LogP contribution in [0.2, 0.25) is 0 Å². The molecule has 0 saturated carbocycles. The number of thiazole rings is 1. The molecule has 134 valence electrons. The molecule has 1 aromatic carbocycles. The van der Waals surface area contributed by atoms with Gasteiger partial charge in [0.15, 0.2) is 0 Å². The molecule has 0 aliphatic heterocycles. The molecule has 7 heteroatoms. The number of hydrogen-bond acceptors (Lipinski definition) is 6. The Hall–Kier alpha value is -2.38. The maximum atomic E-state index is 12.2. The van der Waals surface area contributed by atoms with Crippen molar-refractivity contribution in [1.29, 1.82) is 0 Å². The van der Waals surface area contributed by atoms with Crippen LogP contribution in [0, 0.1) is 0 Å². The van der Waals surface area contributed by atoms with Crippen LogP contribution in [0.25, 0.3) is 0 Å². The number of carbonyl (C=O) groups is 1. The zero-order valence-electron chi connectivity index (χ0n) is 14.7. The van der Waals surface area contributed by atoms with Gasteiger partial charge in [0.2, 0.25) is 5.91 Å². The lowest BCUT2D eigenvalue weighted by molar-refractivity contribution is -0.115. The number of aromatic nitrogens is 2. The average molecular weight is 385 g/mol. The van der Waals surface area contributed by atoms with Crippen LogP contribution < -0.4 is 10.2 Å². The molecule has 0 saturated heterocycles. The number of hydrogen-bond donors (Lipinski definition) is 1. The Balaban J connectivity index is 1.51. The van der Waals surface area contributed by atoms with Crippen LogP contribution in [0.3, 0.4) is 0 Å². The highest BCUT2D eigenvalue weighted by Crippen LogP contribution is 2.26. The van der Waals surface area contributed by atoms with Gasteiger partial charge in [-0.15, -0.1) is 11.3 Å². The molecule has 0 radical (unpaired) electrons. The highest BCUT2D eigenvalue weighted by Gasteiger charge is 2.09. The summed E-state index contributed by atoms with van der Waals surface area (Å²) < 4.78 is 0.972. The molecule has 0 aliphatic rings. The number of nitrogens with one attached hydrogen (secondary N) is 1. The maximum absolute atomic E-state index is 12.2. The molecule has 0 atom stereocenters. The fourth-order valence-electron chi connectivity index (χ4n) is 2.27. The second-order valence-corrected chi connectivity index (χ2v) is 8.00. The van der Waals surface area contributed by atoms with Crippen LogP contribution >= 0.6 is 23.1 Å². The van der Waals surface area contributed by atoms with E-state index in [0.29, 0.717) is 0 Å². The van der Waals surface area contributed by atoms with Gasteiger partial charge in [-0.25, -0.2) is 4.98 Å². The highest BCUT2D eigenvalue weighted by molar-refractivity contribution is 8.00. The number of nitrogens with zero attached hydrogens (tertiary/aromatic N) is 3. The summed E-state index contributed by atoms with van der Waals surface area (Å²) in [4.78, 5) is 22.8. The van der Waals surface area contributed by atoms with Crippen molar-refractivity contribution >= 4 is 40.4 Å². The summed E-state index contributed by atoms with van der Waals surface area (Å²) in [6.45, 7) is 0. The summed E-state index contributed by atoms with van der Waals surface area (Å²) in [5.41, 5.74) is 3.90. The molecule has 3 aromatic rings. The minimum absolute atomic E-state index is 0.0569. The normalized spacial score (nSPS) is 10.5. The van der Waals surface area contributed by atoms with E-state index in [1.807, 2.05) is 60.8 Å². The van der Waals surface area contributed by atoms with Crippen LogP contribution in [0.5, 0.6) is 0 Å². The largest absolute Gasteiger partial charge is 0.378 e. The third-order valence-corrected chi connectivity index (χ3v) is 5.79. The first-order valence-electron chi connectivity index (χ1n) is 8.13. The van der Waals surface area contributed by atoms with Gasteiger partial charge in [-0.3, -0.25) is 9.78 Å². The van der Waals surface area contributed by atoms with Gasteiger partial charge in [-0.1, -0.05) is 11.8 Å². The molecule has 1 N–H and O–H groups in total. The molecule has 0 spiro atoms. The number of pyridine rings is 1. The third-order valence-electron chi connectivity index (χ3n) is 3.65. The molecule has 2 aromatic heterocycles. The molecule has 5 nitrogen and oxygen atoms in total. The third kappa shape index (κ3) is 5.31. The minimum atomic E-state index is -0.0569. The van der Waals surface area contributed by atoms with Gasteiger partial charge in [0, 0.05) is 49.0 Å². The molecule has 2 heterocycles. The second kappa shape index (κ2) is 8.82. The van der Waals surface area contributed by atoms with Crippen molar-refractivity contribution in [2.45, 2.75) is 16.5 Å². The van der Waals surface area contributed by atoms with E-state index in [1.54, 1.807) is 35.5 Å². The zero-order valence-corrected chi connectivity index (χ0v) is 16.3. The van der Waals surface area contributed by atoms with E-state index in [9.17, 15) is 4.79 Å². The Morgan fingerprint density at radius 2 is 1.88 bits per heavy atom. The smallest absolute Gasteiger partial charge is 0.230 e. The fourth-order valence-corrected chi connectivity index (χ4v) is 4.07. The number of rotatable bonds is 7. The first kappa shape index (κ1) is 18.4. The van der Waals surface area contributed by atoms with Gasteiger partial charge in [0.25, 0.3) is 0 Å². The quantitative estimate of drug-likeness (QED) is 0.622. The van der Waals surface area contributed by atoms with Gasteiger partial charge in [-0.2, -0.15) is 0 Å². The number of amides is 1. The Morgan fingerprint density at radius 1 is 1.15 bits per heavy atom. The number of benzene rings is 1. The van der Waals surface area contributed by atoms with Crippen molar-refractivity contribution in [3.05, 3.63) is 65.4 Å². The van der Waals surface area contributed by atoms with Gasteiger partial charge in [-0.05, 0) is 42.0 Å². The monoisotopic (exact) mass is 384 g/mol. The van der Waals surface area contributed by atoms with E-state index < -0.39 is 0 Å². The Bertz CT molecular complexity index is 847. The number of thioether (sulfide) groups is 1. The van der Waals surface area contributed by atoms with Crippen molar-refractivity contribution in [2.75, 3.05) is 24.3 Å². The van der Waals surface area contributed by atoms with Gasteiger partial charge >= 0.3 is 0 Å². The minimum Gasteiger partial charge on any atom is -0.378 e. The van der Waals surface area contributed by atoms with Gasteiger partial charge in [0.05, 0.1) is 12.1 Å². The van der Waals surface area contributed by atoms with Crippen molar-refractivity contribution in [2.24, 2.45) is 0 Å². The van der Waals surface area contributed by atoms with E-state index >= 15 is 0 Å². The highest BCUT2D eigenvalue weighted by atomic mass is 32.2. The van der Waals surface area contributed by atoms with Crippen molar-refractivity contribution in [3.63, 3.8) is 0 Å². The Labute approximate surface area is 161 Å². The van der Waals surface area contributed by atoms with E-state index in [2.05, 4.69) is 15.3 Å². The molecule has 0 bridgehead atoms. The molecular weight excluding hydrogens is 364 g/mol. The van der Waals surface area contributed by atoms with E-state index in [-0.39, 0.29) is 12.3 Å². The molecule has 1 amide bonds. The molecule has 3 rings (SSSR count).